The molecular weight excluding hydrogens is 539 g/mol. The van der Waals surface area contributed by atoms with Crippen LogP contribution in [0.3, 0.4) is 0 Å². The predicted octanol–water partition coefficient (Wildman–Crippen LogP) is 3.98. The largest absolute Gasteiger partial charge is 0.359 e. The molecule has 1 aromatic carbocycles. The molecule has 2 saturated heterocycles. The second-order valence-corrected chi connectivity index (χ2v) is 12.8. The molecule has 1 spiro atoms. The third-order valence-electron chi connectivity index (χ3n) is 9.09. The van der Waals surface area contributed by atoms with Crippen LogP contribution in [0.1, 0.15) is 39.5 Å². The van der Waals surface area contributed by atoms with Crippen LogP contribution in [0.5, 0.6) is 0 Å². The highest BCUT2D eigenvalue weighted by Crippen LogP contribution is 2.55. The van der Waals surface area contributed by atoms with Crippen molar-refractivity contribution in [2.75, 3.05) is 32.5 Å². The van der Waals surface area contributed by atoms with Gasteiger partial charge in [0.25, 0.3) is 0 Å². The van der Waals surface area contributed by atoms with Gasteiger partial charge in [-0.2, -0.15) is 0 Å². The zero-order chi connectivity index (χ0) is 28.1. The standard InChI is InChI=1S/C29H38Cl2N4O4/c1-16-7-5-8-21(17(16)2)33-27(37)25-29-10-9-22(39-29)23(24(29)28(38)35(25)12-6-11-34(3)4)26(36)32-20-14-18(30)13-19(31)15-20/h9-10,13-17,21-25H,5-8,11-12H2,1-4H3,(H,32,36)(H,33,37)/t16?,17?,21?,22-,23?,24-,25?,29?/m1/s1. The quantitative estimate of drug-likeness (QED) is 0.457. The number of ether oxygens (including phenoxy) is 1. The molecule has 8 nitrogen and oxygen atoms in total. The minimum Gasteiger partial charge on any atom is -0.359 e. The molecule has 3 fully saturated rings. The van der Waals surface area contributed by atoms with Gasteiger partial charge in [-0.05, 0) is 63.5 Å². The van der Waals surface area contributed by atoms with Gasteiger partial charge >= 0.3 is 0 Å². The Morgan fingerprint density at radius 2 is 1.85 bits per heavy atom. The van der Waals surface area contributed by atoms with Gasteiger partial charge in [-0.15, -0.1) is 0 Å². The van der Waals surface area contributed by atoms with Crippen molar-refractivity contribution in [2.24, 2.45) is 23.7 Å². The maximum atomic E-state index is 14.0. The summed E-state index contributed by atoms with van der Waals surface area (Å²) in [4.78, 5) is 45.4. The van der Waals surface area contributed by atoms with E-state index in [1.807, 2.05) is 31.1 Å². The van der Waals surface area contributed by atoms with Gasteiger partial charge in [-0.1, -0.05) is 62.0 Å². The molecule has 0 aromatic heterocycles. The topological polar surface area (TPSA) is 91.0 Å². The Balaban J connectivity index is 1.43. The van der Waals surface area contributed by atoms with Crippen LogP contribution in [0.4, 0.5) is 5.69 Å². The lowest BCUT2D eigenvalue weighted by molar-refractivity contribution is -0.141. The molecule has 6 unspecified atom stereocenters. The van der Waals surface area contributed by atoms with Crippen molar-refractivity contribution >= 4 is 46.6 Å². The second kappa shape index (κ2) is 11.0. The Morgan fingerprint density at radius 1 is 1.13 bits per heavy atom. The Bertz CT molecular complexity index is 1160. The fraction of sp³-hybridized carbons (Fsp3) is 0.621. The Morgan fingerprint density at radius 3 is 2.54 bits per heavy atom. The van der Waals surface area contributed by atoms with Gasteiger partial charge in [0.1, 0.15) is 11.6 Å². The van der Waals surface area contributed by atoms with Crippen molar-refractivity contribution < 1.29 is 19.1 Å². The third kappa shape index (κ3) is 5.21. The smallest absolute Gasteiger partial charge is 0.246 e. The van der Waals surface area contributed by atoms with Gasteiger partial charge < -0.3 is 25.2 Å². The lowest BCUT2D eigenvalue weighted by atomic mass is 9.73. The molecule has 39 heavy (non-hydrogen) atoms. The van der Waals surface area contributed by atoms with E-state index in [2.05, 4.69) is 24.5 Å². The van der Waals surface area contributed by atoms with Crippen molar-refractivity contribution in [1.29, 1.82) is 0 Å². The number of hydrogen-bond donors (Lipinski definition) is 2. The van der Waals surface area contributed by atoms with Gasteiger partial charge in [0.05, 0.1) is 17.9 Å². The number of nitrogens with one attached hydrogen (secondary N) is 2. The predicted molar refractivity (Wildman–Crippen MR) is 152 cm³/mol. The Kier molecular flexibility index (Phi) is 8.04. The number of fused-ring (bicyclic) bond motifs is 1. The Labute approximate surface area is 240 Å². The molecule has 1 aliphatic carbocycles. The van der Waals surface area contributed by atoms with E-state index in [0.29, 0.717) is 40.5 Å². The fourth-order valence-electron chi connectivity index (χ4n) is 6.96. The van der Waals surface area contributed by atoms with Crippen LogP contribution in [0.25, 0.3) is 0 Å². The molecule has 212 valence electrons. The maximum Gasteiger partial charge on any atom is 0.246 e. The lowest BCUT2D eigenvalue weighted by Crippen LogP contribution is -2.58. The van der Waals surface area contributed by atoms with Crippen molar-refractivity contribution in [3.63, 3.8) is 0 Å². The second-order valence-electron chi connectivity index (χ2n) is 11.9. The highest BCUT2D eigenvalue weighted by atomic mass is 35.5. The summed E-state index contributed by atoms with van der Waals surface area (Å²) in [6.45, 7) is 5.59. The Hall–Kier alpha value is -2.13. The monoisotopic (exact) mass is 576 g/mol. The number of nitrogens with zero attached hydrogens (tertiary/aromatic N) is 2. The van der Waals surface area contributed by atoms with Gasteiger partial charge in [-0.3, -0.25) is 14.4 Å². The summed E-state index contributed by atoms with van der Waals surface area (Å²) in [5, 5.41) is 6.95. The number of benzene rings is 1. The number of amides is 3. The molecule has 0 radical (unpaired) electrons. The number of halogens is 2. The molecule has 2 bridgehead atoms. The molecule has 8 atom stereocenters. The summed E-state index contributed by atoms with van der Waals surface area (Å²) in [5.74, 6) is -1.47. The molecule has 3 heterocycles. The minimum atomic E-state index is -1.18. The number of carbonyl (C=O) groups excluding carboxylic acids is 3. The summed E-state index contributed by atoms with van der Waals surface area (Å²) >= 11 is 12.3. The van der Waals surface area contributed by atoms with E-state index >= 15 is 0 Å². The van der Waals surface area contributed by atoms with Gasteiger partial charge in [0, 0.05) is 28.3 Å². The number of carbonyl (C=O) groups is 3. The third-order valence-corrected chi connectivity index (χ3v) is 9.53. The first-order valence-electron chi connectivity index (χ1n) is 13.9. The number of likely N-dealkylation sites (tertiary alicyclic amines) is 1. The summed E-state index contributed by atoms with van der Waals surface area (Å²) < 4.78 is 6.44. The van der Waals surface area contributed by atoms with E-state index in [0.717, 1.165) is 25.8 Å². The van der Waals surface area contributed by atoms with Crippen LogP contribution < -0.4 is 10.6 Å². The summed E-state index contributed by atoms with van der Waals surface area (Å²) in [7, 11) is 3.95. The number of hydrogen-bond acceptors (Lipinski definition) is 5. The lowest BCUT2D eigenvalue weighted by Gasteiger charge is -2.38. The van der Waals surface area contributed by atoms with Crippen LogP contribution in [0.15, 0.2) is 30.4 Å². The highest BCUT2D eigenvalue weighted by molar-refractivity contribution is 6.35. The molecule has 1 aromatic rings. The molecule has 4 aliphatic rings. The van der Waals surface area contributed by atoms with Crippen molar-refractivity contribution in [2.45, 2.75) is 63.3 Å². The zero-order valence-corrected chi connectivity index (χ0v) is 24.5. The van der Waals surface area contributed by atoms with E-state index < -0.39 is 29.6 Å². The molecule has 2 N–H and O–H groups in total. The number of rotatable bonds is 8. The zero-order valence-electron chi connectivity index (χ0n) is 23.0. The van der Waals surface area contributed by atoms with E-state index in [-0.39, 0.29) is 23.8 Å². The molecule has 3 aliphatic heterocycles. The molecule has 3 amide bonds. The summed E-state index contributed by atoms with van der Waals surface area (Å²) in [5.41, 5.74) is -0.733. The van der Waals surface area contributed by atoms with Crippen molar-refractivity contribution in [3.8, 4) is 0 Å². The van der Waals surface area contributed by atoms with Gasteiger partial charge in [0.15, 0.2) is 0 Å². The fourth-order valence-corrected chi connectivity index (χ4v) is 7.49. The van der Waals surface area contributed by atoms with Crippen LogP contribution >= 0.6 is 23.2 Å². The van der Waals surface area contributed by atoms with Gasteiger partial charge in [0.2, 0.25) is 17.7 Å². The summed E-state index contributed by atoms with van der Waals surface area (Å²) in [6, 6.07) is 4.02. The van der Waals surface area contributed by atoms with E-state index in [1.165, 1.54) is 0 Å². The number of anilines is 1. The molecule has 10 heteroatoms. The first kappa shape index (κ1) is 28.4. The first-order chi connectivity index (χ1) is 18.5. The minimum absolute atomic E-state index is 0.0460. The summed E-state index contributed by atoms with van der Waals surface area (Å²) in [6.07, 6.45) is 6.92. The van der Waals surface area contributed by atoms with E-state index in [1.54, 1.807) is 23.1 Å². The average molecular weight is 578 g/mol. The van der Waals surface area contributed by atoms with Crippen LogP contribution in [0, 0.1) is 23.7 Å². The van der Waals surface area contributed by atoms with E-state index in [9.17, 15) is 14.4 Å². The first-order valence-corrected chi connectivity index (χ1v) is 14.7. The van der Waals surface area contributed by atoms with Crippen LogP contribution in [-0.2, 0) is 19.1 Å². The molecule has 5 rings (SSSR count). The van der Waals surface area contributed by atoms with E-state index in [4.69, 9.17) is 27.9 Å². The maximum absolute atomic E-state index is 14.0. The van der Waals surface area contributed by atoms with Gasteiger partial charge in [-0.25, -0.2) is 0 Å². The molecule has 1 saturated carbocycles. The normalized spacial score (nSPS) is 35.0. The van der Waals surface area contributed by atoms with Crippen LogP contribution in [-0.4, -0.2) is 78.5 Å². The average Bonchev–Trinajstić information content (AvgIpc) is 3.49. The SMILES string of the molecule is CC1CCCC(NC(=O)C2N(CCCN(C)C)C(=O)[C@H]3C(C(=O)Nc4cc(Cl)cc(Cl)c4)[C@H]4C=CC23O4)C1C. The van der Waals surface area contributed by atoms with Crippen LogP contribution in [0.2, 0.25) is 10.0 Å². The highest BCUT2D eigenvalue weighted by Gasteiger charge is 2.72. The molecular formula is C29H38Cl2N4O4. The van der Waals surface area contributed by atoms with Crippen molar-refractivity contribution in [1.82, 2.24) is 15.1 Å². The van der Waals surface area contributed by atoms with Crippen molar-refractivity contribution in [3.05, 3.63) is 40.4 Å².